The Kier molecular flexibility index (Phi) is 2.13. The molecular formula is C10H20N2. The summed E-state index contributed by atoms with van der Waals surface area (Å²) >= 11 is 0. The first-order chi connectivity index (χ1) is 5.77. The van der Waals surface area contributed by atoms with E-state index in [1.54, 1.807) is 0 Å². The highest BCUT2D eigenvalue weighted by molar-refractivity contribution is 5.02. The monoisotopic (exact) mass is 168 g/mol. The highest BCUT2D eigenvalue weighted by Crippen LogP contribution is 2.37. The van der Waals surface area contributed by atoms with Crippen LogP contribution in [0.3, 0.4) is 0 Å². The molecule has 2 rings (SSSR count). The largest absolute Gasteiger partial charge is 0.329 e. The molecule has 2 heteroatoms. The van der Waals surface area contributed by atoms with E-state index in [4.69, 9.17) is 5.73 Å². The van der Waals surface area contributed by atoms with E-state index in [2.05, 4.69) is 12.2 Å². The molecule has 0 heterocycles. The second-order valence-electron chi connectivity index (χ2n) is 4.57. The van der Waals surface area contributed by atoms with Crippen LogP contribution in [0.4, 0.5) is 0 Å². The van der Waals surface area contributed by atoms with E-state index < -0.39 is 0 Å². The van der Waals surface area contributed by atoms with E-state index in [-0.39, 0.29) is 0 Å². The van der Waals surface area contributed by atoms with E-state index in [1.165, 1.54) is 32.1 Å². The Morgan fingerprint density at radius 3 is 2.58 bits per heavy atom. The number of hydrogen-bond acceptors (Lipinski definition) is 2. The van der Waals surface area contributed by atoms with Gasteiger partial charge >= 0.3 is 0 Å². The molecule has 0 aromatic rings. The third-order valence-electron chi connectivity index (χ3n) is 3.64. The highest BCUT2D eigenvalue weighted by atomic mass is 15.1. The van der Waals surface area contributed by atoms with Crippen LogP contribution in [0.25, 0.3) is 0 Å². The second kappa shape index (κ2) is 3.00. The van der Waals surface area contributed by atoms with Crippen molar-refractivity contribution < 1.29 is 0 Å². The van der Waals surface area contributed by atoms with Gasteiger partial charge in [-0.2, -0.15) is 0 Å². The van der Waals surface area contributed by atoms with Gasteiger partial charge in [-0.05, 0) is 31.6 Å². The minimum atomic E-state index is 0.307. The quantitative estimate of drug-likeness (QED) is 0.665. The topological polar surface area (TPSA) is 38.0 Å². The van der Waals surface area contributed by atoms with Crippen molar-refractivity contribution in [1.29, 1.82) is 0 Å². The molecule has 2 nitrogen and oxygen atoms in total. The van der Waals surface area contributed by atoms with Crippen LogP contribution in [0, 0.1) is 5.92 Å². The summed E-state index contributed by atoms with van der Waals surface area (Å²) in [6.07, 6.45) is 6.75. The van der Waals surface area contributed by atoms with Gasteiger partial charge in [0.15, 0.2) is 0 Å². The lowest BCUT2D eigenvalue weighted by atomic mass is 9.88. The maximum absolute atomic E-state index is 5.87. The Balaban J connectivity index is 2.00. The van der Waals surface area contributed by atoms with Crippen molar-refractivity contribution in [3.63, 3.8) is 0 Å². The smallest absolute Gasteiger partial charge is 0.0332 e. The van der Waals surface area contributed by atoms with Gasteiger partial charge < -0.3 is 11.1 Å². The molecule has 2 atom stereocenters. The van der Waals surface area contributed by atoms with Crippen molar-refractivity contribution in [1.82, 2.24) is 5.32 Å². The molecule has 0 aromatic heterocycles. The molecule has 70 valence electrons. The summed E-state index contributed by atoms with van der Waals surface area (Å²) in [7, 11) is 0. The van der Waals surface area contributed by atoms with E-state index >= 15 is 0 Å². The van der Waals surface area contributed by atoms with E-state index in [0.29, 0.717) is 5.54 Å². The van der Waals surface area contributed by atoms with Gasteiger partial charge in [-0.25, -0.2) is 0 Å². The van der Waals surface area contributed by atoms with Gasteiger partial charge in [0, 0.05) is 18.1 Å². The first kappa shape index (κ1) is 8.52. The predicted octanol–water partition coefficient (Wildman–Crippen LogP) is 1.26. The Bertz CT molecular complexity index is 165. The molecule has 2 saturated carbocycles. The molecule has 0 amide bonds. The molecule has 0 aromatic carbocycles. The molecule has 0 saturated heterocycles. The lowest BCUT2D eigenvalue weighted by Gasteiger charge is -2.34. The minimum absolute atomic E-state index is 0.307. The molecule has 0 aliphatic heterocycles. The molecule has 2 aliphatic carbocycles. The predicted molar refractivity (Wildman–Crippen MR) is 51.0 cm³/mol. The van der Waals surface area contributed by atoms with E-state index in [9.17, 15) is 0 Å². The first-order valence-electron chi connectivity index (χ1n) is 5.24. The Labute approximate surface area is 74.9 Å². The number of rotatable bonds is 3. The average molecular weight is 168 g/mol. The third-order valence-corrected chi connectivity index (χ3v) is 3.64. The van der Waals surface area contributed by atoms with Crippen LogP contribution in [-0.4, -0.2) is 18.1 Å². The fourth-order valence-electron chi connectivity index (χ4n) is 2.46. The Morgan fingerprint density at radius 2 is 2.17 bits per heavy atom. The molecule has 0 spiro atoms. The summed E-state index contributed by atoms with van der Waals surface area (Å²) < 4.78 is 0. The molecule has 2 aliphatic rings. The lowest BCUT2D eigenvalue weighted by Crippen LogP contribution is -2.54. The first-order valence-corrected chi connectivity index (χ1v) is 5.24. The van der Waals surface area contributed by atoms with E-state index in [1.807, 2.05) is 0 Å². The summed E-state index contributed by atoms with van der Waals surface area (Å²) in [4.78, 5) is 0. The van der Waals surface area contributed by atoms with Crippen molar-refractivity contribution in [2.24, 2.45) is 11.7 Å². The highest BCUT2D eigenvalue weighted by Gasteiger charge is 2.42. The van der Waals surface area contributed by atoms with Gasteiger partial charge in [0.05, 0.1) is 0 Å². The zero-order valence-corrected chi connectivity index (χ0v) is 7.97. The minimum Gasteiger partial charge on any atom is -0.329 e. The van der Waals surface area contributed by atoms with Crippen LogP contribution >= 0.6 is 0 Å². The zero-order valence-electron chi connectivity index (χ0n) is 7.97. The summed E-state index contributed by atoms with van der Waals surface area (Å²) in [6.45, 7) is 3.17. The third kappa shape index (κ3) is 1.38. The fraction of sp³-hybridized carbons (Fsp3) is 1.00. The Morgan fingerprint density at radius 1 is 1.42 bits per heavy atom. The van der Waals surface area contributed by atoms with Crippen molar-refractivity contribution in [3.8, 4) is 0 Å². The summed E-state index contributed by atoms with van der Waals surface area (Å²) in [5.74, 6) is 0.781. The van der Waals surface area contributed by atoms with Crippen LogP contribution in [0.2, 0.25) is 0 Å². The van der Waals surface area contributed by atoms with Gasteiger partial charge in [-0.3, -0.25) is 0 Å². The fourth-order valence-corrected chi connectivity index (χ4v) is 2.46. The molecule has 3 N–H and O–H groups in total. The van der Waals surface area contributed by atoms with Gasteiger partial charge in [-0.1, -0.05) is 13.3 Å². The van der Waals surface area contributed by atoms with Crippen LogP contribution < -0.4 is 11.1 Å². The molecular weight excluding hydrogens is 148 g/mol. The maximum Gasteiger partial charge on any atom is 0.0332 e. The number of hydrogen-bond donors (Lipinski definition) is 2. The van der Waals surface area contributed by atoms with E-state index in [0.717, 1.165) is 18.5 Å². The van der Waals surface area contributed by atoms with Crippen LogP contribution in [-0.2, 0) is 0 Å². The molecule has 0 radical (unpaired) electrons. The molecule has 2 unspecified atom stereocenters. The zero-order chi connectivity index (χ0) is 8.60. The second-order valence-corrected chi connectivity index (χ2v) is 4.57. The normalized spacial score (nSPS) is 42.0. The SMILES string of the molecule is CC1CCCC1(CN)NC1CC1. The molecule has 12 heavy (non-hydrogen) atoms. The number of nitrogens with one attached hydrogen (secondary N) is 1. The van der Waals surface area contributed by atoms with Crippen LogP contribution in [0.1, 0.15) is 39.0 Å². The Hall–Kier alpha value is -0.0800. The summed E-state index contributed by atoms with van der Waals surface area (Å²) in [6, 6.07) is 0.800. The van der Waals surface area contributed by atoms with Gasteiger partial charge in [-0.15, -0.1) is 0 Å². The van der Waals surface area contributed by atoms with Crippen molar-refractivity contribution in [2.45, 2.75) is 50.6 Å². The molecule has 0 bridgehead atoms. The summed E-state index contributed by atoms with van der Waals surface area (Å²) in [5.41, 5.74) is 6.18. The van der Waals surface area contributed by atoms with Crippen molar-refractivity contribution in [3.05, 3.63) is 0 Å². The van der Waals surface area contributed by atoms with Crippen molar-refractivity contribution >= 4 is 0 Å². The van der Waals surface area contributed by atoms with Crippen molar-refractivity contribution in [2.75, 3.05) is 6.54 Å². The van der Waals surface area contributed by atoms with Gasteiger partial charge in [0.2, 0.25) is 0 Å². The molecule has 2 fully saturated rings. The van der Waals surface area contributed by atoms with Crippen LogP contribution in [0.15, 0.2) is 0 Å². The summed E-state index contributed by atoms with van der Waals surface area (Å²) in [5, 5.41) is 3.74. The maximum atomic E-state index is 5.87. The number of nitrogens with two attached hydrogens (primary N) is 1. The van der Waals surface area contributed by atoms with Gasteiger partial charge in [0.25, 0.3) is 0 Å². The standard InChI is InChI=1S/C10H20N2/c1-8-3-2-6-10(8,7-11)12-9-4-5-9/h8-9,12H,2-7,11H2,1H3. The average Bonchev–Trinajstić information content (AvgIpc) is 2.79. The lowest BCUT2D eigenvalue weighted by molar-refractivity contribution is 0.264. The van der Waals surface area contributed by atoms with Crippen LogP contribution in [0.5, 0.6) is 0 Å². The van der Waals surface area contributed by atoms with Gasteiger partial charge in [0.1, 0.15) is 0 Å².